The molecule has 0 aliphatic rings. The van der Waals surface area contributed by atoms with Crippen LogP contribution in [0.3, 0.4) is 0 Å². The first-order valence-electron chi connectivity index (χ1n) is 10.3. The second-order valence-electron chi connectivity index (χ2n) is 7.68. The van der Waals surface area contributed by atoms with Crippen molar-refractivity contribution in [1.29, 1.82) is 0 Å². The summed E-state index contributed by atoms with van der Waals surface area (Å²) in [7, 11) is 1.60. The van der Waals surface area contributed by atoms with Gasteiger partial charge in [0.1, 0.15) is 11.6 Å². The Labute approximate surface area is 185 Å². The summed E-state index contributed by atoms with van der Waals surface area (Å²) in [5.74, 6) is 1.10. The number of benzene rings is 2. The van der Waals surface area contributed by atoms with Gasteiger partial charge in [-0.15, -0.1) is 5.10 Å². The number of carbonyl (C=O) groups is 1. The van der Waals surface area contributed by atoms with Gasteiger partial charge in [0.15, 0.2) is 5.82 Å². The van der Waals surface area contributed by atoms with Gasteiger partial charge in [-0.25, -0.2) is 13.9 Å². The minimum absolute atomic E-state index is 0.0257. The van der Waals surface area contributed by atoms with Gasteiger partial charge in [0, 0.05) is 11.4 Å². The number of halogens is 1. The fourth-order valence-electron chi connectivity index (χ4n) is 3.62. The maximum Gasteiger partial charge on any atom is 0.252 e. The molecule has 0 fully saturated rings. The highest BCUT2D eigenvalue weighted by molar-refractivity contribution is 5.78. The van der Waals surface area contributed by atoms with Crippen LogP contribution in [0.25, 0.3) is 5.78 Å². The second kappa shape index (κ2) is 9.13. The van der Waals surface area contributed by atoms with Crippen LogP contribution in [0, 0.1) is 19.7 Å². The van der Waals surface area contributed by atoms with Crippen LogP contribution in [0.2, 0.25) is 0 Å². The number of nitrogens with one attached hydrogen (secondary N) is 1. The van der Waals surface area contributed by atoms with E-state index >= 15 is 0 Å². The predicted molar refractivity (Wildman–Crippen MR) is 118 cm³/mol. The van der Waals surface area contributed by atoms with Crippen molar-refractivity contribution in [2.45, 2.75) is 32.7 Å². The third-order valence-corrected chi connectivity index (χ3v) is 5.19. The van der Waals surface area contributed by atoms with Crippen LogP contribution in [-0.4, -0.2) is 32.6 Å². The van der Waals surface area contributed by atoms with Crippen LogP contribution in [-0.2, 0) is 17.6 Å². The number of nitrogens with zero attached hydrogens (tertiary/aromatic N) is 4. The standard InChI is InChI=1S/C24H24FN5O2/c1-15-12-16(2)30-24(26-15)28-22(29-30)14-23(31)27-21(13-17-4-8-19(25)9-5-17)18-6-10-20(32-3)11-7-18/h4-12,21H,13-14H2,1-3H3,(H,27,31). The van der Waals surface area contributed by atoms with Crippen molar-refractivity contribution in [2.75, 3.05) is 7.11 Å². The number of ether oxygens (including phenoxy) is 1. The zero-order chi connectivity index (χ0) is 22.7. The number of hydrogen-bond acceptors (Lipinski definition) is 5. The normalized spacial score (nSPS) is 12.0. The van der Waals surface area contributed by atoms with Crippen LogP contribution in [0.15, 0.2) is 54.6 Å². The molecule has 0 aliphatic heterocycles. The lowest BCUT2D eigenvalue weighted by atomic mass is 9.98. The fourth-order valence-corrected chi connectivity index (χ4v) is 3.62. The minimum Gasteiger partial charge on any atom is -0.497 e. The van der Waals surface area contributed by atoms with Crippen LogP contribution >= 0.6 is 0 Å². The highest BCUT2D eigenvalue weighted by Gasteiger charge is 2.18. The molecule has 32 heavy (non-hydrogen) atoms. The number of methoxy groups -OCH3 is 1. The molecule has 1 N–H and O–H groups in total. The quantitative estimate of drug-likeness (QED) is 0.482. The number of rotatable bonds is 7. The van der Waals surface area contributed by atoms with Crippen molar-refractivity contribution in [3.63, 3.8) is 0 Å². The number of hydrogen-bond donors (Lipinski definition) is 1. The van der Waals surface area contributed by atoms with E-state index in [1.54, 1.807) is 23.8 Å². The van der Waals surface area contributed by atoms with Crippen LogP contribution < -0.4 is 10.1 Å². The highest BCUT2D eigenvalue weighted by atomic mass is 19.1. The molecule has 0 aliphatic carbocycles. The monoisotopic (exact) mass is 433 g/mol. The Morgan fingerprint density at radius 2 is 1.81 bits per heavy atom. The van der Waals surface area contributed by atoms with Gasteiger partial charge >= 0.3 is 0 Å². The molecule has 1 atom stereocenters. The number of fused-ring (bicyclic) bond motifs is 1. The molecule has 0 saturated carbocycles. The molecule has 7 nitrogen and oxygen atoms in total. The average molecular weight is 433 g/mol. The summed E-state index contributed by atoms with van der Waals surface area (Å²) in [5, 5.41) is 7.48. The van der Waals surface area contributed by atoms with Crippen LogP contribution in [0.4, 0.5) is 4.39 Å². The molecular weight excluding hydrogens is 409 g/mol. The summed E-state index contributed by atoms with van der Waals surface area (Å²) in [6.07, 6.45) is 0.536. The molecule has 0 saturated heterocycles. The summed E-state index contributed by atoms with van der Waals surface area (Å²) in [4.78, 5) is 21.6. The minimum atomic E-state index is -0.307. The first-order chi connectivity index (χ1) is 15.4. The molecule has 8 heteroatoms. The molecule has 2 aromatic heterocycles. The number of amides is 1. The number of aryl methyl sites for hydroxylation is 2. The number of carbonyl (C=O) groups excluding carboxylic acids is 1. The predicted octanol–water partition coefficient (Wildman–Crippen LogP) is 3.53. The maximum absolute atomic E-state index is 13.3. The lowest BCUT2D eigenvalue weighted by Gasteiger charge is -2.19. The van der Waals surface area contributed by atoms with E-state index in [-0.39, 0.29) is 24.2 Å². The van der Waals surface area contributed by atoms with Gasteiger partial charge in [-0.3, -0.25) is 4.79 Å². The molecule has 2 aromatic carbocycles. The van der Waals surface area contributed by atoms with Crippen LogP contribution in [0.5, 0.6) is 5.75 Å². The molecule has 0 bridgehead atoms. The van der Waals surface area contributed by atoms with E-state index < -0.39 is 0 Å². The molecule has 2 heterocycles. The molecular formula is C24H24FN5O2. The Morgan fingerprint density at radius 1 is 1.09 bits per heavy atom. The summed E-state index contributed by atoms with van der Waals surface area (Å²) in [6.45, 7) is 3.81. The zero-order valence-electron chi connectivity index (χ0n) is 18.2. The van der Waals surface area contributed by atoms with E-state index in [1.807, 2.05) is 44.2 Å². The van der Waals surface area contributed by atoms with Gasteiger partial charge in [0.25, 0.3) is 5.78 Å². The van der Waals surface area contributed by atoms with Crippen molar-refractivity contribution in [1.82, 2.24) is 24.9 Å². The SMILES string of the molecule is COc1ccc(C(Cc2ccc(F)cc2)NC(=O)Cc2nc3nc(C)cc(C)n3n2)cc1. The summed E-state index contributed by atoms with van der Waals surface area (Å²) < 4.78 is 20.2. The summed E-state index contributed by atoms with van der Waals surface area (Å²) in [6, 6.07) is 15.4. The van der Waals surface area contributed by atoms with E-state index in [0.29, 0.717) is 18.0 Å². The highest BCUT2D eigenvalue weighted by Crippen LogP contribution is 2.22. The van der Waals surface area contributed by atoms with Gasteiger partial charge in [-0.1, -0.05) is 24.3 Å². The fraction of sp³-hybridized carbons (Fsp3) is 0.250. The molecule has 4 rings (SSSR count). The average Bonchev–Trinajstić information content (AvgIpc) is 3.17. The molecule has 0 radical (unpaired) electrons. The topological polar surface area (TPSA) is 81.4 Å². The van der Waals surface area contributed by atoms with Gasteiger partial charge in [-0.2, -0.15) is 4.98 Å². The van der Waals surface area contributed by atoms with Crippen molar-refractivity contribution >= 4 is 11.7 Å². The summed E-state index contributed by atoms with van der Waals surface area (Å²) >= 11 is 0. The maximum atomic E-state index is 13.3. The number of aromatic nitrogens is 4. The van der Waals surface area contributed by atoms with E-state index in [2.05, 4.69) is 20.4 Å². The van der Waals surface area contributed by atoms with E-state index in [0.717, 1.165) is 28.3 Å². The first-order valence-corrected chi connectivity index (χ1v) is 10.3. The van der Waals surface area contributed by atoms with Gasteiger partial charge in [0.2, 0.25) is 5.91 Å². The molecule has 164 valence electrons. The lowest BCUT2D eigenvalue weighted by Crippen LogP contribution is -2.31. The summed E-state index contributed by atoms with van der Waals surface area (Å²) in [5.41, 5.74) is 3.57. The Kier molecular flexibility index (Phi) is 6.11. The van der Waals surface area contributed by atoms with E-state index in [9.17, 15) is 9.18 Å². The molecule has 0 spiro atoms. The smallest absolute Gasteiger partial charge is 0.252 e. The molecule has 4 aromatic rings. The molecule has 1 unspecified atom stereocenters. The van der Waals surface area contributed by atoms with Gasteiger partial charge in [0.05, 0.1) is 19.6 Å². The Hall–Kier alpha value is -3.81. The lowest BCUT2D eigenvalue weighted by molar-refractivity contribution is -0.121. The second-order valence-corrected chi connectivity index (χ2v) is 7.68. The Morgan fingerprint density at radius 3 is 2.50 bits per heavy atom. The van der Waals surface area contributed by atoms with Gasteiger partial charge < -0.3 is 10.1 Å². The van der Waals surface area contributed by atoms with Crippen LogP contribution in [0.1, 0.15) is 34.4 Å². The van der Waals surface area contributed by atoms with Crippen molar-refractivity contribution in [2.24, 2.45) is 0 Å². The van der Waals surface area contributed by atoms with Crippen molar-refractivity contribution < 1.29 is 13.9 Å². The third-order valence-electron chi connectivity index (χ3n) is 5.19. The van der Waals surface area contributed by atoms with Crippen molar-refractivity contribution in [3.05, 3.63) is 88.8 Å². The van der Waals surface area contributed by atoms with Gasteiger partial charge in [-0.05, 0) is 61.7 Å². The van der Waals surface area contributed by atoms with E-state index in [4.69, 9.17) is 4.74 Å². The first kappa shape index (κ1) is 21.4. The molecule has 1 amide bonds. The Balaban J connectivity index is 1.54. The van der Waals surface area contributed by atoms with Crippen molar-refractivity contribution in [3.8, 4) is 5.75 Å². The largest absolute Gasteiger partial charge is 0.497 e. The third kappa shape index (κ3) is 4.91. The zero-order valence-corrected chi connectivity index (χ0v) is 18.2. The Bertz CT molecular complexity index is 1240. The van der Waals surface area contributed by atoms with E-state index in [1.165, 1.54) is 12.1 Å².